The molecule has 2 rings (SSSR count). The molecule has 0 atom stereocenters. The first-order valence-corrected chi connectivity index (χ1v) is 34.3. The number of carboxylic acids is 2. The van der Waals surface area contributed by atoms with Gasteiger partial charge in [0.15, 0.2) is 0 Å². The van der Waals surface area contributed by atoms with Crippen molar-refractivity contribution in [1.29, 1.82) is 0 Å². The van der Waals surface area contributed by atoms with Crippen LogP contribution in [-0.4, -0.2) is 47.3 Å². The number of aromatic carboxylic acids is 2. The topological polar surface area (TPSA) is 127 Å². The van der Waals surface area contributed by atoms with E-state index in [1.165, 1.54) is 263 Å². The van der Waals surface area contributed by atoms with E-state index >= 15 is 0 Å². The van der Waals surface area contributed by atoms with Gasteiger partial charge in [-0.3, -0.25) is 0 Å². The molecule has 0 heterocycles. The van der Waals surface area contributed by atoms with Crippen molar-refractivity contribution in [2.45, 2.75) is 349 Å². The van der Waals surface area contributed by atoms with Crippen LogP contribution < -0.4 is 0 Å². The zero-order valence-corrected chi connectivity index (χ0v) is 52.6. The average Bonchev–Trinajstić information content (AvgIpc) is 3.47. The van der Waals surface area contributed by atoms with Crippen molar-refractivity contribution < 1.29 is 38.9 Å². The Kier molecular flexibility index (Phi) is 51.9. The molecule has 8 nitrogen and oxygen atoms in total. The van der Waals surface area contributed by atoms with Gasteiger partial charge in [0.2, 0.25) is 0 Å². The summed E-state index contributed by atoms with van der Waals surface area (Å²) >= 11 is 0. The number of benzene rings is 2. The molecule has 0 saturated carbocycles. The lowest BCUT2D eigenvalue weighted by molar-refractivity contribution is 0.0450. The summed E-state index contributed by atoms with van der Waals surface area (Å²) in [6.07, 6.45) is 62.7. The second-order valence-electron chi connectivity index (χ2n) is 23.6. The molecule has 0 spiro atoms. The number of ether oxygens (including phenoxy) is 2. The zero-order valence-electron chi connectivity index (χ0n) is 52.6. The standard InChI is InChI=1S/2C36H62O4/c1-3-5-7-9-11-13-15-17-19-21-23-27-31-39-35(37)33-29-25-26-30-34(33)36(38)40-32-28-24-22-20-18-16-14-12-10-8-6-4-2;1-3-5-7-9-11-13-15-17-19-21-23-25-27-31-29-30-33(35(37)38)34(36(39)40)32(31)28-26-24-22-20-18-16-14-12-10-8-6-4-2/h25-26,29-30H,3-24,27-28,31-32H2,1-2H3;29-30H,3-28H2,1-2H3,(H,37,38)(H,39,40). The number of carbonyl (C=O) groups is 4. The lowest BCUT2D eigenvalue weighted by atomic mass is 9.89. The van der Waals surface area contributed by atoms with Gasteiger partial charge in [-0.1, -0.05) is 328 Å². The van der Waals surface area contributed by atoms with E-state index in [9.17, 15) is 29.4 Å². The smallest absolute Gasteiger partial charge is 0.339 e. The predicted molar refractivity (Wildman–Crippen MR) is 339 cm³/mol. The maximum Gasteiger partial charge on any atom is 0.339 e. The van der Waals surface area contributed by atoms with Crippen LogP contribution in [0.5, 0.6) is 0 Å². The number of unbranched alkanes of at least 4 members (excludes halogenated alkanes) is 44. The highest BCUT2D eigenvalue weighted by Crippen LogP contribution is 2.26. The summed E-state index contributed by atoms with van der Waals surface area (Å²) in [6, 6.07) is 10.2. The van der Waals surface area contributed by atoms with Crippen molar-refractivity contribution >= 4 is 23.9 Å². The Hall–Kier alpha value is -3.68. The fraction of sp³-hybridized carbons (Fsp3) is 0.778. The van der Waals surface area contributed by atoms with Crippen molar-refractivity contribution in [2.75, 3.05) is 13.2 Å². The van der Waals surface area contributed by atoms with E-state index in [4.69, 9.17) is 9.47 Å². The molecule has 0 aliphatic rings. The summed E-state index contributed by atoms with van der Waals surface area (Å²) in [6.45, 7) is 9.84. The molecule has 0 radical (unpaired) electrons. The number of carboxylic acid groups (broad SMARTS) is 2. The van der Waals surface area contributed by atoms with Crippen LogP contribution in [0.3, 0.4) is 0 Å². The molecule has 0 amide bonds. The van der Waals surface area contributed by atoms with E-state index in [-0.39, 0.29) is 11.1 Å². The third-order valence-electron chi connectivity index (χ3n) is 16.3. The van der Waals surface area contributed by atoms with Crippen LogP contribution in [0.15, 0.2) is 36.4 Å². The molecule has 0 saturated heterocycles. The van der Waals surface area contributed by atoms with Crippen LogP contribution in [0.2, 0.25) is 0 Å². The second-order valence-corrected chi connectivity index (χ2v) is 23.6. The van der Waals surface area contributed by atoms with Crippen molar-refractivity contribution in [1.82, 2.24) is 0 Å². The van der Waals surface area contributed by atoms with Crippen molar-refractivity contribution in [3.63, 3.8) is 0 Å². The fourth-order valence-corrected chi connectivity index (χ4v) is 11.1. The highest BCUT2D eigenvalue weighted by molar-refractivity contribution is 6.03. The Bertz CT molecular complexity index is 1710. The van der Waals surface area contributed by atoms with Gasteiger partial charge in [-0.05, 0) is 67.9 Å². The molecule has 460 valence electrons. The Balaban J connectivity index is 0.000000800. The average molecular weight is 1120 g/mol. The largest absolute Gasteiger partial charge is 0.478 e. The van der Waals surface area contributed by atoms with Gasteiger partial charge < -0.3 is 19.7 Å². The maximum absolute atomic E-state index is 12.6. The summed E-state index contributed by atoms with van der Waals surface area (Å²) in [4.78, 5) is 49.2. The van der Waals surface area contributed by atoms with Gasteiger partial charge in [0.1, 0.15) is 0 Å². The highest BCUT2D eigenvalue weighted by Gasteiger charge is 2.23. The summed E-state index contributed by atoms with van der Waals surface area (Å²) in [5.74, 6) is -3.12. The Morgan fingerprint density at radius 3 is 0.838 bits per heavy atom. The van der Waals surface area contributed by atoms with E-state index < -0.39 is 23.9 Å². The lowest BCUT2D eigenvalue weighted by Crippen LogP contribution is -2.15. The number of aryl methyl sites for hydroxylation is 1. The van der Waals surface area contributed by atoms with Crippen LogP contribution in [0, 0.1) is 0 Å². The number of esters is 2. The monoisotopic (exact) mass is 1120 g/mol. The number of hydrogen-bond acceptors (Lipinski definition) is 6. The number of carbonyl (C=O) groups excluding carboxylic acids is 2. The predicted octanol–water partition coefficient (Wildman–Crippen LogP) is 23.0. The molecule has 80 heavy (non-hydrogen) atoms. The minimum Gasteiger partial charge on any atom is -0.478 e. The Labute approximate surface area is 492 Å². The van der Waals surface area contributed by atoms with E-state index in [2.05, 4.69) is 27.7 Å². The van der Waals surface area contributed by atoms with Gasteiger partial charge >= 0.3 is 23.9 Å². The normalized spacial score (nSPS) is 11.2. The molecular formula is C72H124O8. The summed E-state index contributed by atoms with van der Waals surface area (Å²) in [5, 5.41) is 19.5. The van der Waals surface area contributed by atoms with Gasteiger partial charge in [-0.15, -0.1) is 0 Å². The lowest BCUT2D eigenvalue weighted by Gasteiger charge is -2.15. The molecule has 2 aromatic rings. The number of hydrogen-bond donors (Lipinski definition) is 2. The first-order valence-electron chi connectivity index (χ1n) is 34.3. The molecule has 0 bridgehead atoms. The van der Waals surface area contributed by atoms with Gasteiger partial charge in [0.25, 0.3) is 0 Å². The Morgan fingerprint density at radius 1 is 0.300 bits per heavy atom. The van der Waals surface area contributed by atoms with E-state index in [1.807, 2.05) is 6.07 Å². The van der Waals surface area contributed by atoms with E-state index in [0.717, 1.165) is 68.9 Å². The summed E-state index contributed by atoms with van der Waals surface area (Å²) in [7, 11) is 0. The van der Waals surface area contributed by atoms with Crippen LogP contribution in [0.4, 0.5) is 0 Å². The van der Waals surface area contributed by atoms with Crippen LogP contribution >= 0.6 is 0 Å². The quantitative estimate of drug-likeness (QED) is 0.0495. The first kappa shape index (κ1) is 74.3. The van der Waals surface area contributed by atoms with Gasteiger partial charge in [-0.25, -0.2) is 19.2 Å². The maximum atomic E-state index is 12.6. The van der Waals surface area contributed by atoms with Gasteiger partial charge in [-0.2, -0.15) is 0 Å². The molecule has 2 aromatic carbocycles. The third-order valence-corrected chi connectivity index (χ3v) is 16.3. The number of rotatable bonds is 56. The van der Waals surface area contributed by atoms with Gasteiger partial charge in [0.05, 0.1) is 35.5 Å². The van der Waals surface area contributed by atoms with Gasteiger partial charge in [0, 0.05) is 0 Å². The zero-order chi connectivity index (χ0) is 58.2. The second kappa shape index (κ2) is 55.8. The molecule has 0 aliphatic carbocycles. The Morgan fingerprint density at radius 2 is 0.562 bits per heavy atom. The minimum absolute atomic E-state index is 0.0204. The SMILES string of the molecule is CCCCCCCCCCCCCCOC(=O)c1ccccc1C(=O)OCCCCCCCCCCCCCC.CCCCCCCCCCCCCCc1ccc(C(=O)O)c(C(=O)O)c1CCCCCCCCCCCCCC. The molecule has 8 heteroatoms. The highest BCUT2D eigenvalue weighted by atomic mass is 16.5. The van der Waals surface area contributed by atoms with Crippen LogP contribution in [0.1, 0.15) is 388 Å². The molecule has 0 aliphatic heterocycles. The molecule has 0 unspecified atom stereocenters. The van der Waals surface area contributed by atoms with E-state index in [1.54, 1.807) is 24.3 Å². The fourth-order valence-electron chi connectivity index (χ4n) is 11.1. The first-order chi connectivity index (χ1) is 39.2. The van der Waals surface area contributed by atoms with E-state index in [0.29, 0.717) is 30.8 Å². The molecule has 0 fully saturated rings. The summed E-state index contributed by atoms with van der Waals surface area (Å²) in [5.41, 5.74) is 2.37. The molecule has 0 aromatic heterocycles. The van der Waals surface area contributed by atoms with Crippen molar-refractivity contribution in [3.8, 4) is 0 Å². The van der Waals surface area contributed by atoms with Crippen molar-refractivity contribution in [3.05, 3.63) is 69.8 Å². The minimum atomic E-state index is -1.15. The third kappa shape index (κ3) is 41.3. The van der Waals surface area contributed by atoms with Crippen LogP contribution in [0.25, 0.3) is 0 Å². The molecule has 2 N–H and O–H groups in total. The summed E-state index contributed by atoms with van der Waals surface area (Å²) < 4.78 is 11.0. The van der Waals surface area contributed by atoms with Crippen LogP contribution in [-0.2, 0) is 22.3 Å². The molecular weight excluding hydrogens is 993 g/mol. The van der Waals surface area contributed by atoms with Crippen molar-refractivity contribution in [2.24, 2.45) is 0 Å².